The summed E-state index contributed by atoms with van der Waals surface area (Å²) in [5.41, 5.74) is 7.94. The number of carbonyl (C=O) groups excluding carboxylic acids is 1. The number of amides is 1. The van der Waals surface area contributed by atoms with E-state index in [-0.39, 0.29) is 5.91 Å². The van der Waals surface area contributed by atoms with Crippen molar-refractivity contribution in [1.82, 2.24) is 10.3 Å². The van der Waals surface area contributed by atoms with Gasteiger partial charge in [-0.25, -0.2) is 4.98 Å². The minimum Gasteiger partial charge on any atom is -0.349 e. The maximum atomic E-state index is 11.0. The van der Waals surface area contributed by atoms with E-state index in [1.165, 1.54) is 11.3 Å². The van der Waals surface area contributed by atoms with Gasteiger partial charge in [0.15, 0.2) is 0 Å². The van der Waals surface area contributed by atoms with Crippen molar-refractivity contribution < 1.29 is 4.79 Å². The summed E-state index contributed by atoms with van der Waals surface area (Å²) in [6.07, 6.45) is 0. The molecule has 5 heteroatoms. The molecule has 0 saturated carbocycles. The van der Waals surface area contributed by atoms with Crippen LogP contribution in [0.3, 0.4) is 0 Å². The second-order valence-corrected chi connectivity index (χ2v) is 3.20. The van der Waals surface area contributed by atoms with Gasteiger partial charge in [-0.3, -0.25) is 4.79 Å². The van der Waals surface area contributed by atoms with E-state index in [4.69, 9.17) is 5.73 Å². The average molecular weight is 185 g/mol. The molecular formula is C7H11N3OS. The third-order valence-corrected chi connectivity index (χ3v) is 1.98. The van der Waals surface area contributed by atoms with Crippen molar-refractivity contribution in [3.63, 3.8) is 0 Å². The smallest absolute Gasteiger partial charge is 0.236 e. The Morgan fingerprint density at radius 2 is 2.67 bits per heavy atom. The van der Waals surface area contributed by atoms with Crippen molar-refractivity contribution >= 4 is 17.2 Å². The fraction of sp³-hybridized carbons (Fsp3) is 0.429. The van der Waals surface area contributed by atoms with Gasteiger partial charge in [0, 0.05) is 5.38 Å². The minimum atomic E-state index is -0.455. The van der Waals surface area contributed by atoms with Crippen LogP contribution in [0.1, 0.15) is 12.6 Å². The molecule has 1 rings (SSSR count). The molecule has 0 aliphatic rings. The Bertz CT molecular complexity index is 245. The zero-order valence-electron chi connectivity index (χ0n) is 6.78. The second-order valence-electron chi connectivity index (χ2n) is 2.49. The highest BCUT2D eigenvalue weighted by atomic mass is 32.1. The third kappa shape index (κ3) is 2.60. The van der Waals surface area contributed by atoms with E-state index >= 15 is 0 Å². The fourth-order valence-corrected chi connectivity index (χ4v) is 1.22. The first-order valence-corrected chi connectivity index (χ1v) is 4.55. The highest BCUT2D eigenvalue weighted by Crippen LogP contribution is 1.99. The molecule has 3 N–H and O–H groups in total. The van der Waals surface area contributed by atoms with Crippen LogP contribution in [0.25, 0.3) is 0 Å². The Labute approximate surface area is 74.8 Å². The summed E-state index contributed by atoms with van der Waals surface area (Å²) < 4.78 is 0. The van der Waals surface area contributed by atoms with Crippen molar-refractivity contribution in [2.45, 2.75) is 19.5 Å². The minimum absolute atomic E-state index is 0.150. The number of nitrogens with two attached hydrogens (primary N) is 1. The van der Waals surface area contributed by atoms with Gasteiger partial charge in [0.25, 0.3) is 0 Å². The zero-order valence-corrected chi connectivity index (χ0v) is 7.60. The predicted molar refractivity (Wildman–Crippen MR) is 47.6 cm³/mol. The second kappa shape index (κ2) is 4.18. The average Bonchev–Trinajstić information content (AvgIpc) is 2.51. The Hall–Kier alpha value is -0.940. The van der Waals surface area contributed by atoms with Gasteiger partial charge in [0.1, 0.15) is 0 Å². The lowest BCUT2D eigenvalue weighted by Gasteiger charge is -2.04. The molecule has 0 radical (unpaired) electrons. The number of aromatic nitrogens is 1. The molecule has 1 aromatic heterocycles. The highest BCUT2D eigenvalue weighted by molar-refractivity contribution is 7.07. The zero-order chi connectivity index (χ0) is 8.97. The highest BCUT2D eigenvalue weighted by Gasteiger charge is 2.06. The normalized spacial score (nSPS) is 12.5. The molecule has 66 valence electrons. The van der Waals surface area contributed by atoms with Crippen LogP contribution in [0.2, 0.25) is 0 Å². The Morgan fingerprint density at radius 1 is 1.92 bits per heavy atom. The number of hydrogen-bond donors (Lipinski definition) is 2. The molecule has 1 heterocycles. The number of thiazole rings is 1. The topological polar surface area (TPSA) is 68.0 Å². The Kier molecular flexibility index (Phi) is 3.19. The number of nitrogens with zero attached hydrogens (tertiary/aromatic N) is 1. The molecule has 1 aromatic rings. The van der Waals surface area contributed by atoms with Crippen molar-refractivity contribution in [3.05, 3.63) is 16.6 Å². The van der Waals surface area contributed by atoms with E-state index in [2.05, 4.69) is 10.3 Å². The van der Waals surface area contributed by atoms with Gasteiger partial charge >= 0.3 is 0 Å². The van der Waals surface area contributed by atoms with E-state index in [0.29, 0.717) is 6.54 Å². The first-order chi connectivity index (χ1) is 5.70. The largest absolute Gasteiger partial charge is 0.349 e. The molecule has 1 unspecified atom stereocenters. The van der Waals surface area contributed by atoms with Crippen LogP contribution in [0, 0.1) is 0 Å². The van der Waals surface area contributed by atoms with E-state index in [9.17, 15) is 4.79 Å². The molecule has 0 aromatic carbocycles. The van der Waals surface area contributed by atoms with Gasteiger partial charge in [-0.15, -0.1) is 11.3 Å². The van der Waals surface area contributed by atoms with Crippen LogP contribution < -0.4 is 11.1 Å². The molecule has 1 amide bonds. The van der Waals surface area contributed by atoms with Gasteiger partial charge in [0.2, 0.25) is 5.91 Å². The van der Waals surface area contributed by atoms with Crippen LogP contribution in [-0.4, -0.2) is 16.9 Å². The molecule has 0 saturated heterocycles. The van der Waals surface area contributed by atoms with Crippen LogP contribution in [0.5, 0.6) is 0 Å². The maximum Gasteiger partial charge on any atom is 0.236 e. The first-order valence-electron chi connectivity index (χ1n) is 3.60. The summed E-state index contributed by atoms with van der Waals surface area (Å²) in [5.74, 6) is -0.150. The quantitative estimate of drug-likeness (QED) is 0.702. The van der Waals surface area contributed by atoms with Gasteiger partial charge in [-0.1, -0.05) is 0 Å². The van der Waals surface area contributed by atoms with E-state index in [0.717, 1.165) is 5.69 Å². The summed E-state index contributed by atoms with van der Waals surface area (Å²) in [5, 5.41) is 4.56. The summed E-state index contributed by atoms with van der Waals surface area (Å²) in [7, 11) is 0. The Balaban J connectivity index is 2.32. The SMILES string of the molecule is CC(N)C(=O)NCc1cscn1. The van der Waals surface area contributed by atoms with Crippen LogP contribution in [0.4, 0.5) is 0 Å². The van der Waals surface area contributed by atoms with Crippen molar-refractivity contribution in [3.8, 4) is 0 Å². The van der Waals surface area contributed by atoms with E-state index in [1.54, 1.807) is 12.4 Å². The van der Waals surface area contributed by atoms with Crippen LogP contribution >= 0.6 is 11.3 Å². The molecule has 1 atom stereocenters. The summed E-state index contributed by atoms with van der Waals surface area (Å²) in [6.45, 7) is 2.11. The molecule has 0 aliphatic heterocycles. The summed E-state index contributed by atoms with van der Waals surface area (Å²) >= 11 is 1.51. The molecule has 0 aliphatic carbocycles. The number of rotatable bonds is 3. The number of carbonyl (C=O) groups is 1. The lowest BCUT2D eigenvalue weighted by atomic mass is 10.3. The summed E-state index contributed by atoms with van der Waals surface area (Å²) in [4.78, 5) is 15.0. The standard InChI is InChI=1S/C7H11N3OS/c1-5(8)7(11)9-2-6-3-12-4-10-6/h3-5H,2,8H2,1H3,(H,9,11). The maximum absolute atomic E-state index is 11.0. The number of nitrogens with one attached hydrogen (secondary N) is 1. The molecule has 0 fully saturated rings. The molecule has 0 spiro atoms. The lowest BCUT2D eigenvalue weighted by Crippen LogP contribution is -2.37. The van der Waals surface area contributed by atoms with Crippen LogP contribution in [0.15, 0.2) is 10.9 Å². The van der Waals surface area contributed by atoms with Crippen molar-refractivity contribution in [2.75, 3.05) is 0 Å². The van der Waals surface area contributed by atoms with Crippen molar-refractivity contribution in [1.29, 1.82) is 0 Å². The number of hydrogen-bond acceptors (Lipinski definition) is 4. The predicted octanol–water partition coefficient (Wildman–Crippen LogP) is 0.106. The van der Waals surface area contributed by atoms with Crippen molar-refractivity contribution in [2.24, 2.45) is 5.73 Å². The van der Waals surface area contributed by atoms with E-state index in [1.807, 2.05) is 5.38 Å². The molecule has 12 heavy (non-hydrogen) atoms. The lowest BCUT2D eigenvalue weighted by molar-refractivity contribution is -0.122. The third-order valence-electron chi connectivity index (χ3n) is 1.34. The summed E-state index contributed by atoms with van der Waals surface area (Å²) in [6, 6.07) is -0.455. The van der Waals surface area contributed by atoms with E-state index < -0.39 is 6.04 Å². The molecule has 4 nitrogen and oxygen atoms in total. The molecular weight excluding hydrogens is 174 g/mol. The van der Waals surface area contributed by atoms with Crippen LogP contribution in [-0.2, 0) is 11.3 Å². The van der Waals surface area contributed by atoms with Gasteiger partial charge in [-0.05, 0) is 6.92 Å². The Morgan fingerprint density at radius 3 is 3.17 bits per heavy atom. The van der Waals surface area contributed by atoms with Gasteiger partial charge in [-0.2, -0.15) is 0 Å². The van der Waals surface area contributed by atoms with Gasteiger partial charge in [0.05, 0.1) is 23.8 Å². The monoisotopic (exact) mass is 185 g/mol. The molecule has 0 bridgehead atoms. The first kappa shape index (κ1) is 9.15. The fourth-order valence-electron chi connectivity index (χ4n) is 0.663. The van der Waals surface area contributed by atoms with Gasteiger partial charge < -0.3 is 11.1 Å².